The molecule has 0 saturated heterocycles. The van der Waals surface area contributed by atoms with Crippen LogP contribution in [0.15, 0.2) is 24.7 Å². The zero-order valence-electron chi connectivity index (χ0n) is 11.5. The van der Waals surface area contributed by atoms with Gasteiger partial charge < -0.3 is 14.9 Å². The fourth-order valence-corrected chi connectivity index (χ4v) is 2.30. The number of nitrogens with zero attached hydrogens (tertiary/aromatic N) is 2. The van der Waals surface area contributed by atoms with Crippen molar-refractivity contribution >= 4 is 17.5 Å². The van der Waals surface area contributed by atoms with E-state index >= 15 is 0 Å². The third-order valence-electron chi connectivity index (χ3n) is 2.99. The van der Waals surface area contributed by atoms with Crippen LogP contribution in [0.2, 0.25) is 5.02 Å². The van der Waals surface area contributed by atoms with E-state index in [0.717, 1.165) is 31.6 Å². The van der Waals surface area contributed by atoms with Gasteiger partial charge in [0.2, 0.25) is 0 Å². The maximum Gasteiger partial charge on any atom is 0.267 e. The molecule has 0 fully saturated rings. The van der Waals surface area contributed by atoms with E-state index in [2.05, 4.69) is 22.2 Å². The summed E-state index contributed by atoms with van der Waals surface area (Å²) in [5.74, 6) is 0.862. The maximum atomic E-state index is 12.1. The lowest BCUT2D eigenvalue weighted by molar-refractivity contribution is 0.0943. The van der Waals surface area contributed by atoms with Crippen molar-refractivity contribution in [3.63, 3.8) is 0 Å². The van der Waals surface area contributed by atoms with Crippen LogP contribution in [0.4, 0.5) is 0 Å². The summed E-state index contributed by atoms with van der Waals surface area (Å²) in [5, 5.41) is 3.51. The molecule has 2 aromatic heterocycles. The molecule has 20 heavy (non-hydrogen) atoms. The minimum absolute atomic E-state index is 0.0789. The van der Waals surface area contributed by atoms with Crippen molar-refractivity contribution in [3.8, 4) is 0 Å². The number of aromatic nitrogens is 3. The van der Waals surface area contributed by atoms with E-state index in [4.69, 9.17) is 11.6 Å². The highest BCUT2D eigenvalue weighted by atomic mass is 35.5. The monoisotopic (exact) mass is 294 g/mol. The molecule has 0 unspecified atom stereocenters. The molecule has 2 rings (SSSR count). The molecule has 0 atom stereocenters. The van der Waals surface area contributed by atoms with E-state index in [1.165, 1.54) is 0 Å². The number of nitrogens with one attached hydrogen (secondary N) is 2. The van der Waals surface area contributed by atoms with Crippen LogP contribution in [0.1, 0.15) is 36.1 Å². The fraction of sp³-hybridized carbons (Fsp3) is 0.429. The van der Waals surface area contributed by atoms with Gasteiger partial charge in [0.25, 0.3) is 5.91 Å². The van der Waals surface area contributed by atoms with Crippen molar-refractivity contribution in [2.24, 2.45) is 0 Å². The summed E-state index contributed by atoms with van der Waals surface area (Å²) in [4.78, 5) is 19.3. The number of imidazole rings is 1. The molecule has 6 heteroatoms. The number of hydrogen-bond donors (Lipinski definition) is 2. The van der Waals surface area contributed by atoms with Crippen molar-refractivity contribution in [3.05, 3.63) is 41.2 Å². The molecule has 0 spiro atoms. The van der Waals surface area contributed by atoms with Gasteiger partial charge in [-0.15, -0.1) is 0 Å². The molecular formula is C14H19ClN4O. The molecule has 2 N–H and O–H groups in total. The second-order valence-electron chi connectivity index (χ2n) is 4.63. The minimum Gasteiger partial charge on any atom is -0.351 e. The topological polar surface area (TPSA) is 62.7 Å². The fourth-order valence-electron chi connectivity index (χ4n) is 2.07. The van der Waals surface area contributed by atoms with Crippen LogP contribution in [0, 0.1) is 0 Å². The Bertz CT molecular complexity index is 548. The van der Waals surface area contributed by atoms with Crippen LogP contribution in [0.25, 0.3) is 0 Å². The lowest BCUT2D eigenvalue weighted by Gasteiger charge is -2.08. The maximum absolute atomic E-state index is 12.1. The van der Waals surface area contributed by atoms with E-state index < -0.39 is 0 Å². The molecule has 0 bridgehead atoms. The summed E-state index contributed by atoms with van der Waals surface area (Å²) in [7, 11) is 0. The summed E-state index contributed by atoms with van der Waals surface area (Å²) < 4.78 is 1.89. The summed E-state index contributed by atoms with van der Waals surface area (Å²) in [6, 6.07) is 1.71. The number of carbonyl (C=O) groups excluding carboxylic acids is 1. The van der Waals surface area contributed by atoms with Crippen molar-refractivity contribution in [2.75, 3.05) is 6.54 Å². The average molecular weight is 295 g/mol. The summed E-state index contributed by atoms with van der Waals surface area (Å²) in [5.41, 5.74) is 0.620. The van der Waals surface area contributed by atoms with Crippen LogP contribution in [-0.2, 0) is 13.0 Å². The molecular weight excluding hydrogens is 276 g/mol. The predicted octanol–water partition coefficient (Wildman–Crippen LogP) is 2.64. The Kier molecular flexibility index (Phi) is 5.24. The predicted molar refractivity (Wildman–Crippen MR) is 79.0 cm³/mol. The molecule has 1 amide bonds. The Morgan fingerprint density at radius 3 is 3.10 bits per heavy atom. The second kappa shape index (κ2) is 7.14. The number of H-pyrrole nitrogens is 1. The van der Waals surface area contributed by atoms with Gasteiger partial charge in [0.15, 0.2) is 0 Å². The number of halogens is 1. The number of aryl methyl sites for hydroxylation is 2. The Labute approximate surface area is 123 Å². The van der Waals surface area contributed by atoms with Crippen LogP contribution in [-0.4, -0.2) is 27.0 Å². The first-order valence-corrected chi connectivity index (χ1v) is 7.20. The van der Waals surface area contributed by atoms with Crippen molar-refractivity contribution < 1.29 is 4.79 Å². The smallest absolute Gasteiger partial charge is 0.267 e. The Balaban J connectivity index is 1.82. The molecule has 0 aliphatic carbocycles. The Morgan fingerprint density at radius 2 is 2.40 bits per heavy atom. The standard InChI is InChI=1S/C14H19ClN4O/c1-2-8-19-10-11(15)9-12(19)14(20)18-5-3-4-13-16-6-7-17-13/h6-7,9-10H,2-5,8H2,1H3,(H,16,17)(H,18,20). The van der Waals surface area contributed by atoms with Gasteiger partial charge in [-0.2, -0.15) is 0 Å². The van der Waals surface area contributed by atoms with Gasteiger partial charge in [-0.3, -0.25) is 4.79 Å². The third kappa shape index (κ3) is 3.87. The minimum atomic E-state index is -0.0789. The first-order valence-electron chi connectivity index (χ1n) is 6.83. The van der Waals surface area contributed by atoms with Gasteiger partial charge in [0, 0.05) is 38.1 Å². The van der Waals surface area contributed by atoms with Gasteiger partial charge in [-0.1, -0.05) is 18.5 Å². The number of carbonyl (C=O) groups is 1. The van der Waals surface area contributed by atoms with Gasteiger partial charge in [0.1, 0.15) is 11.5 Å². The van der Waals surface area contributed by atoms with E-state index in [9.17, 15) is 4.79 Å². The van der Waals surface area contributed by atoms with E-state index in [-0.39, 0.29) is 5.91 Å². The van der Waals surface area contributed by atoms with Gasteiger partial charge >= 0.3 is 0 Å². The Morgan fingerprint density at radius 1 is 1.55 bits per heavy atom. The quantitative estimate of drug-likeness (QED) is 0.771. The third-order valence-corrected chi connectivity index (χ3v) is 3.20. The highest BCUT2D eigenvalue weighted by Crippen LogP contribution is 2.14. The summed E-state index contributed by atoms with van der Waals surface area (Å²) >= 11 is 5.96. The lowest BCUT2D eigenvalue weighted by atomic mass is 10.3. The molecule has 5 nitrogen and oxygen atoms in total. The normalized spacial score (nSPS) is 10.7. The van der Waals surface area contributed by atoms with Crippen molar-refractivity contribution in [2.45, 2.75) is 32.7 Å². The van der Waals surface area contributed by atoms with Crippen LogP contribution in [0.3, 0.4) is 0 Å². The SMILES string of the molecule is CCCn1cc(Cl)cc1C(=O)NCCCc1ncc[nH]1. The lowest BCUT2D eigenvalue weighted by Crippen LogP contribution is -2.27. The number of rotatable bonds is 7. The van der Waals surface area contributed by atoms with Crippen LogP contribution < -0.4 is 5.32 Å². The van der Waals surface area contributed by atoms with Crippen molar-refractivity contribution in [1.29, 1.82) is 0 Å². The van der Waals surface area contributed by atoms with Crippen LogP contribution >= 0.6 is 11.6 Å². The average Bonchev–Trinajstić information content (AvgIpc) is 3.05. The summed E-state index contributed by atoms with van der Waals surface area (Å²) in [6.07, 6.45) is 7.96. The Hall–Kier alpha value is -1.75. The summed E-state index contributed by atoms with van der Waals surface area (Å²) in [6.45, 7) is 3.48. The zero-order valence-corrected chi connectivity index (χ0v) is 12.3. The van der Waals surface area contributed by atoms with E-state index in [1.54, 1.807) is 24.7 Å². The molecule has 0 saturated carbocycles. The van der Waals surface area contributed by atoms with Gasteiger partial charge in [0.05, 0.1) is 5.02 Å². The first kappa shape index (κ1) is 14.7. The molecule has 0 radical (unpaired) electrons. The molecule has 0 aromatic carbocycles. The number of amides is 1. The largest absolute Gasteiger partial charge is 0.351 e. The highest BCUT2D eigenvalue weighted by molar-refractivity contribution is 6.31. The van der Waals surface area contributed by atoms with Crippen LogP contribution in [0.5, 0.6) is 0 Å². The van der Waals surface area contributed by atoms with E-state index in [0.29, 0.717) is 17.3 Å². The zero-order chi connectivity index (χ0) is 14.4. The molecule has 2 aromatic rings. The highest BCUT2D eigenvalue weighted by Gasteiger charge is 2.12. The molecule has 0 aliphatic heterocycles. The van der Waals surface area contributed by atoms with Gasteiger partial charge in [-0.25, -0.2) is 4.98 Å². The number of hydrogen-bond acceptors (Lipinski definition) is 2. The first-order chi connectivity index (χ1) is 9.70. The molecule has 108 valence electrons. The van der Waals surface area contributed by atoms with E-state index in [1.807, 2.05) is 4.57 Å². The second-order valence-corrected chi connectivity index (χ2v) is 5.07. The van der Waals surface area contributed by atoms with Crippen molar-refractivity contribution in [1.82, 2.24) is 19.9 Å². The number of aromatic amines is 1. The molecule has 0 aliphatic rings. The van der Waals surface area contributed by atoms with Gasteiger partial charge in [-0.05, 0) is 18.9 Å². The molecule has 2 heterocycles.